The van der Waals surface area contributed by atoms with E-state index in [0.717, 1.165) is 23.2 Å². The summed E-state index contributed by atoms with van der Waals surface area (Å²) in [7, 11) is 0. The number of para-hydroxylation sites is 1. The second-order valence-electron chi connectivity index (χ2n) is 4.23. The van der Waals surface area contributed by atoms with E-state index in [0.29, 0.717) is 6.42 Å². The Hall–Kier alpha value is -1.77. The third-order valence-corrected chi connectivity index (χ3v) is 2.73. The number of nitrogens with one attached hydrogen (secondary N) is 1. The molecule has 3 heteroatoms. The quantitative estimate of drug-likeness (QED) is 0.876. The summed E-state index contributed by atoms with van der Waals surface area (Å²) < 4.78 is 5.69. The smallest absolute Gasteiger partial charge is 0.220 e. The molecule has 1 N–H and O–H groups in total. The number of carbonyl (C=O) groups is 1. The zero-order valence-corrected chi connectivity index (χ0v) is 10.2. The summed E-state index contributed by atoms with van der Waals surface area (Å²) >= 11 is 0. The van der Waals surface area contributed by atoms with Crippen molar-refractivity contribution < 1.29 is 9.21 Å². The van der Waals surface area contributed by atoms with Crippen molar-refractivity contribution in [3.63, 3.8) is 0 Å². The van der Waals surface area contributed by atoms with Gasteiger partial charge in [-0.1, -0.05) is 25.1 Å². The lowest BCUT2D eigenvalue weighted by molar-refractivity contribution is -0.121. The minimum absolute atomic E-state index is 0.0699. The minimum Gasteiger partial charge on any atom is -0.459 e. The van der Waals surface area contributed by atoms with Gasteiger partial charge in [0.05, 0.1) is 6.04 Å². The molecule has 2 aromatic rings. The molecule has 1 aromatic carbocycles. The van der Waals surface area contributed by atoms with Gasteiger partial charge in [-0.3, -0.25) is 4.79 Å². The van der Waals surface area contributed by atoms with Crippen LogP contribution in [-0.2, 0) is 4.79 Å². The van der Waals surface area contributed by atoms with E-state index in [4.69, 9.17) is 4.42 Å². The Morgan fingerprint density at radius 3 is 2.88 bits per heavy atom. The Morgan fingerprint density at radius 1 is 1.41 bits per heavy atom. The third-order valence-electron chi connectivity index (χ3n) is 2.73. The van der Waals surface area contributed by atoms with Gasteiger partial charge in [-0.2, -0.15) is 0 Å². The van der Waals surface area contributed by atoms with E-state index in [1.54, 1.807) is 0 Å². The molecule has 0 spiro atoms. The number of fused-ring (bicyclic) bond motifs is 1. The summed E-state index contributed by atoms with van der Waals surface area (Å²) in [5.74, 6) is 0.871. The van der Waals surface area contributed by atoms with Gasteiger partial charge >= 0.3 is 0 Å². The van der Waals surface area contributed by atoms with E-state index in [1.165, 1.54) is 0 Å². The molecule has 0 unspecified atom stereocenters. The van der Waals surface area contributed by atoms with Crippen LogP contribution in [0.2, 0.25) is 0 Å². The summed E-state index contributed by atoms with van der Waals surface area (Å²) in [4.78, 5) is 11.5. The normalized spacial score (nSPS) is 12.6. The van der Waals surface area contributed by atoms with Crippen molar-refractivity contribution >= 4 is 16.9 Å². The van der Waals surface area contributed by atoms with E-state index in [-0.39, 0.29) is 11.9 Å². The molecule has 17 heavy (non-hydrogen) atoms. The van der Waals surface area contributed by atoms with Gasteiger partial charge in [0, 0.05) is 11.8 Å². The first-order chi connectivity index (χ1) is 8.20. The predicted molar refractivity (Wildman–Crippen MR) is 67.7 cm³/mol. The number of hydrogen-bond donors (Lipinski definition) is 1. The Kier molecular flexibility index (Phi) is 3.47. The van der Waals surface area contributed by atoms with Crippen molar-refractivity contribution in [3.8, 4) is 0 Å². The minimum atomic E-state index is -0.0820. The maximum atomic E-state index is 11.5. The van der Waals surface area contributed by atoms with Gasteiger partial charge in [0.25, 0.3) is 0 Å². The molecule has 0 aliphatic heterocycles. The van der Waals surface area contributed by atoms with Gasteiger partial charge in [0.2, 0.25) is 5.91 Å². The summed E-state index contributed by atoms with van der Waals surface area (Å²) in [5.41, 5.74) is 0.860. The van der Waals surface area contributed by atoms with Gasteiger partial charge in [0.15, 0.2) is 0 Å². The highest BCUT2D eigenvalue weighted by Crippen LogP contribution is 2.23. The van der Waals surface area contributed by atoms with Gasteiger partial charge in [0.1, 0.15) is 11.3 Å². The maximum Gasteiger partial charge on any atom is 0.220 e. The number of furan rings is 1. The fraction of sp³-hybridized carbons (Fsp3) is 0.357. The lowest BCUT2D eigenvalue weighted by Crippen LogP contribution is -2.25. The molecule has 2 rings (SSSR count). The van der Waals surface area contributed by atoms with Crippen molar-refractivity contribution in [2.75, 3.05) is 0 Å². The fourth-order valence-corrected chi connectivity index (χ4v) is 1.83. The molecule has 1 atom stereocenters. The van der Waals surface area contributed by atoms with Crippen LogP contribution in [0.4, 0.5) is 0 Å². The molecule has 0 aliphatic rings. The van der Waals surface area contributed by atoms with Crippen molar-refractivity contribution in [1.82, 2.24) is 5.32 Å². The number of rotatable bonds is 4. The van der Waals surface area contributed by atoms with Crippen molar-refractivity contribution in [3.05, 3.63) is 36.1 Å². The van der Waals surface area contributed by atoms with Crippen LogP contribution in [0, 0.1) is 0 Å². The molecular formula is C14H17NO2. The van der Waals surface area contributed by atoms with Crippen molar-refractivity contribution in [2.45, 2.75) is 32.7 Å². The predicted octanol–water partition coefficient (Wildman–Crippen LogP) is 3.41. The van der Waals surface area contributed by atoms with Crippen LogP contribution in [-0.4, -0.2) is 5.91 Å². The van der Waals surface area contributed by atoms with E-state index in [2.05, 4.69) is 5.32 Å². The molecule has 0 radical (unpaired) electrons. The zero-order valence-electron chi connectivity index (χ0n) is 10.2. The van der Waals surface area contributed by atoms with Crippen LogP contribution >= 0.6 is 0 Å². The fourth-order valence-electron chi connectivity index (χ4n) is 1.83. The summed E-state index contributed by atoms with van der Waals surface area (Å²) in [5, 5.41) is 3.99. The Balaban J connectivity index is 2.13. The molecule has 3 nitrogen and oxygen atoms in total. The van der Waals surface area contributed by atoms with Gasteiger partial charge in [-0.05, 0) is 25.5 Å². The highest BCUT2D eigenvalue weighted by molar-refractivity contribution is 5.79. The second kappa shape index (κ2) is 5.04. The van der Waals surface area contributed by atoms with E-state index >= 15 is 0 Å². The van der Waals surface area contributed by atoms with Crippen LogP contribution in [0.25, 0.3) is 11.0 Å². The summed E-state index contributed by atoms with van der Waals surface area (Å²) in [6, 6.07) is 9.74. The van der Waals surface area contributed by atoms with Crippen LogP contribution in [0.1, 0.15) is 38.5 Å². The van der Waals surface area contributed by atoms with E-state index in [9.17, 15) is 4.79 Å². The maximum absolute atomic E-state index is 11.5. The molecule has 0 aliphatic carbocycles. The first-order valence-electron chi connectivity index (χ1n) is 5.98. The topological polar surface area (TPSA) is 42.2 Å². The number of carbonyl (C=O) groups excluding carboxylic acids is 1. The molecule has 1 heterocycles. The van der Waals surface area contributed by atoms with Crippen LogP contribution < -0.4 is 5.32 Å². The highest BCUT2D eigenvalue weighted by Gasteiger charge is 2.13. The molecule has 90 valence electrons. The van der Waals surface area contributed by atoms with Crippen molar-refractivity contribution in [2.24, 2.45) is 0 Å². The monoisotopic (exact) mass is 231 g/mol. The number of benzene rings is 1. The SMILES string of the molecule is CCCC(=O)N[C@H](C)c1cc2ccccc2o1. The summed E-state index contributed by atoms with van der Waals surface area (Å²) in [6.45, 7) is 3.93. The molecule has 0 fully saturated rings. The standard InChI is InChI=1S/C14H17NO2/c1-3-6-14(16)15-10(2)13-9-11-7-4-5-8-12(11)17-13/h4-5,7-10H,3,6H2,1-2H3,(H,15,16)/t10-/m1/s1. The zero-order chi connectivity index (χ0) is 12.3. The lowest BCUT2D eigenvalue weighted by atomic mass is 10.2. The van der Waals surface area contributed by atoms with Crippen LogP contribution in [0.15, 0.2) is 34.7 Å². The Morgan fingerprint density at radius 2 is 2.18 bits per heavy atom. The highest BCUT2D eigenvalue weighted by atomic mass is 16.3. The number of amides is 1. The van der Waals surface area contributed by atoms with Gasteiger partial charge in [-0.15, -0.1) is 0 Å². The first-order valence-corrected chi connectivity index (χ1v) is 5.98. The third kappa shape index (κ3) is 2.67. The molecule has 0 saturated carbocycles. The Bertz CT molecular complexity index is 483. The summed E-state index contributed by atoms with van der Waals surface area (Å²) in [6.07, 6.45) is 1.42. The van der Waals surface area contributed by atoms with Gasteiger partial charge < -0.3 is 9.73 Å². The number of hydrogen-bond acceptors (Lipinski definition) is 2. The average Bonchev–Trinajstić information content (AvgIpc) is 2.72. The van der Waals surface area contributed by atoms with Gasteiger partial charge in [-0.25, -0.2) is 0 Å². The molecule has 0 bridgehead atoms. The van der Waals surface area contributed by atoms with E-state index < -0.39 is 0 Å². The van der Waals surface area contributed by atoms with Crippen molar-refractivity contribution in [1.29, 1.82) is 0 Å². The lowest BCUT2D eigenvalue weighted by Gasteiger charge is -2.10. The first kappa shape index (κ1) is 11.7. The van der Waals surface area contributed by atoms with Crippen LogP contribution in [0.3, 0.4) is 0 Å². The van der Waals surface area contributed by atoms with Crippen LogP contribution in [0.5, 0.6) is 0 Å². The molecule has 0 saturated heterocycles. The average molecular weight is 231 g/mol. The second-order valence-corrected chi connectivity index (χ2v) is 4.23. The van der Waals surface area contributed by atoms with E-state index in [1.807, 2.05) is 44.2 Å². The molecular weight excluding hydrogens is 214 g/mol. The Labute approximate surface area is 101 Å². The molecule has 1 aromatic heterocycles. The largest absolute Gasteiger partial charge is 0.459 e. The molecule has 1 amide bonds.